The molecule has 0 aliphatic rings. The van der Waals surface area contributed by atoms with Crippen molar-refractivity contribution >= 4 is 27.8 Å². The fraction of sp³-hybridized carbons (Fsp3) is 0. The molecule has 15 heavy (non-hydrogen) atoms. The topological polar surface area (TPSA) is 73.4 Å². The van der Waals surface area contributed by atoms with Crippen LogP contribution in [0.1, 0.15) is 5.56 Å². The van der Waals surface area contributed by atoms with Crippen LogP contribution in [0.5, 0.6) is 0 Å². The average Bonchev–Trinajstić information content (AvgIpc) is 2.74. The van der Waals surface area contributed by atoms with E-state index < -0.39 is 0 Å². The maximum atomic E-state index is 8.64. The molecule has 0 atom stereocenters. The highest BCUT2D eigenvalue weighted by Gasteiger charge is 2.03. The zero-order chi connectivity index (χ0) is 10.7. The number of fused-ring (bicyclic) bond motifs is 1. The lowest BCUT2D eigenvalue weighted by Crippen LogP contribution is -1.79. The largest absolute Gasteiger partial charge is 0.192 e. The number of allylic oxidation sites excluding steroid dienone is 1. The van der Waals surface area contributed by atoms with E-state index in [-0.39, 0.29) is 5.57 Å². The van der Waals surface area contributed by atoms with Crippen LogP contribution in [0.25, 0.3) is 16.3 Å². The zero-order valence-corrected chi connectivity index (χ0v) is 8.32. The van der Waals surface area contributed by atoms with Gasteiger partial charge in [0.05, 0.1) is 4.70 Å². The second-order valence-electron chi connectivity index (χ2n) is 2.75. The third-order valence-corrected chi connectivity index (χ3v) is 2.54. The molecule has 0 saturated carbocycles. The van der Waals surface area contributed by atoms with Crippen molar-refractivity contribution in [2.75, 3.05) is 0 Å². The highest BCUT2D eigenvalue weighted by molar-refractivity contribution is 7.12. The molecule has 0 aliphatic carbocycles. The SMILES string of the molecule is N#CC(C#N)=Cc1cccc2snnc12. The number of aromatic nitrogens is 2. The van der Waals surface area contributed by atoms with Crippen LogP contribution >= 0.6 is 11.5 Å². The Morgan fingerprint density at radius 1 is 1.33 bits per heavy atom. The summed E-state index contributed by atoms with van der Waals surface area (Å²) in [5.41, 5.74) is 1.54. The van der Waals surface area contributed by atoms with E-state index >= 15 is 0 Å². The van der Waals surface area contributed by atoms with Gasteiger partial charge in [0.2, 0.25) is 0 Å². The molecule has 0 radical (unpaired) electrons. The predicted molar refractivity (Wildman–Crippen MR) is 56.6 cm³/mol. The Morgan fingerprint density at radius 3 is 2.87 bits per heavy atom. The normalized spacial score (nSPS) is 9.20. The van der Waals surface area contributed by atoms with Gasteiger partial charge in [-0.05, 0) is 23.7 Å². The van der Waals surface area contributed by atoms with Gasteiger partial charge in [-0.1, -0.05) is 16.6 Å². The second kappa shape index (κ2) is 3.87. The summed E-state index contributed by atoms with van der Waals surface area (Å²) in [6.07, 6.45) is 1.52. The number of benzene rings is 1. The van der Waals surface area contributed by atoms with Crippen LogP contribution in [0.2, 0.25) is 0 Å². The van der Waals surface area contributed by atoms with Crippen LogP contribution in [0.15, 0.2) is 23.8 Å². The van der Waals surface area contributed by atoms with Gasteiger partial charge in [0.15, 0.2) is 0 Å². The minimum absolute atomic E-state index is 0.0653. The molecule has 2 aromatic rings. The molecule has 0 fully saturated rings. The van der Waals surface area contributed by atoms with E-state index in [1.807, 2.05) is 24.3 Å². The molecule has 4 nitrogen and oxygen atoms in total. The predicted octanol–water partition coefficient (Wildman–Crippen LogP) is 2.12. The van der Waals surface area contributed by atoms with Crippen molar-refractivity contribution in [3.8, 4) is 12.1 Å². The molecule has 0 amide bonds. The van der Waals surface area contributed by atoms with Crippen LogP contribution in [0.3, 0.4) is 0 Å². The fourth-order valence-corrected chi connectivity index (χ4v) is 1.78. The van der Waals surface area contributed by atoms with Crippen LogP contribution in [0.4, 0.5) is 0 Å². The maximum absolute atomic E-state index is 8.64. The molecule has 0 unspecified atom stereocenters. The van der Waals surface area contributed by atoms with E-state index in [0.29, 0.717) is 0 Å². The highest BCUT2D eigenvalue weighted by atomic mass is 32.1. The molecule has 1 aromatic carbocycles. The second-order valence-corrected chi connectivity index (χ2v) is 3.53. The summed E-state index contributed by atoms with van der Waals surface area (Å²) in [5, 5.41) is 21.2. The quantitative estimate of drug-likeness (QED) is 0.678. The number of hydrogen-bond donors (Lipinski definition) is 0. The minimum Gasteiger partial charge on any atom is -0.192 e. The van der Waals surface area contributed by atoms with E-state index in [4.69, 9.17) is 10.5 Å². The van der Waals surface area contributed by atoms with Gasteiger partial charge in [0.1, 0.15) is 23.2 Å². The maximum Gasteiger partial charge on any atom is 0.130 e. The summed E-state index contributed by atoms with van der Waals surface area (Å²) in [7, 11) is 0. The zero-order valence-electron chi connectivity index (χ0n) is 7.51. The molecule has 0 N–H and O–H groups in total. The first-order valence-electron chi connectivity index (χ1n) is 4.08. The smallest absolute Gasteiger partial charge is 0.130 e. The van der Waals surface area contributed by atoms with Crippen molar-refractivity contribution in [3.63, 3.8) is 0 Å². The summed E-state index contributed by atoms with van der Waals surface area (Å²) >= 11 is 1.29. The molecular formula is C10H4N4S. The summed E-state index contributed by atoms with van der Waals surface area (Å²) in [6.45, 7) is 0. The molecule has 0 bridgehead atoms. The van der Waals surface area contributed by atoms with E-state index in [1.165, 1.54) is 17.6 Å². The molecule has 70 valence electrons. The Kier molecular flexibility index (Phi) is 2.40. The van der Waals surface area contributed by atoms with Crippen molar-refractivity contribution in [3.05, 3.63) is 29.3 Å². The van der Waals surface area contributed by atoms with Crippen LogP contribution in [-0.2, 0) is 0 Å². The van der Waals surface area contributed by atoms with Gasteiger partial charge < -0.3 is 0 Å². The minimum atomic E-state index is 0.0653. The Labute approximate surface area is 89.9 Å². The highest BCUT2D eigenvalue weighted by Crippen LogP contribution is 2.21. The Bertz CT molecular complexity index is 596. The monoisotopic (exact) mass is 212 g/mol. The first kappa shape index (κ1) is 9.32. The van der Waals surface area contributed by atoms with Gasteiger partial charge in [-0.25, -0.2) is 0 Å². The Balaban J connectivity index is 2.64. The van der Waals surface area contributed by atoms with Crippen LogP contribution in [-0.4, -0.2) is 9.59 Å². The van der Waals surface area contributed by atoms with Crippen molar-refractivity contribution in [2.45, 2.75) is 0 Å². The van der Waals surface area contributed by atoms with Crippen LogP contribution < -0.4 is 0 Å². The standard InChI is InChI=1S/C10H4N4S/c11-5-7(6-12)4-8-2-1-3-9-10(8)13-14-15-9/h1-4H. The number of hydrogen-bond acceptors (Lipinski definition) is 5. The van der Waals surface area contributed by atoms with Gasteiger partial charge in [-0.2, -0.15) is 10.5 Å². The van der Waals surface area contributed by atoms with Gasteiger partial charge in [-0.3, -0.25) is 0 Å². The molecule has 0 saturated heterocycles. The van der Waals surface area contributed by atoms with Crippen molar-refractivity contribution < 1.29 is 0 Å². The lowest BCUT2D eigenvalue weighted by atomic mass is 10.1. The first-order chi connectivity index (χ1) is 7.35. The number of nitriles is 2. The molecule has 1 aromatic heterocycles. The Hall–Kier alpha value is -2.24. The fourth-order valence-electron chi connectivity index (χ4n) is 1.19. The molecule has 1 heterocycles. The third kappa shape index (κ3) is 1.69. The lowest BCUT2D eigenvalue weighted by Gasteiger charge is -1.92. The summed E-state index contributed by atoms with van der Waals surface area (Å²) < 4.78 is 4.76. The summed E-state index contributed by atoms with van der Waals surface area (Å²) in [6, 6.07) is 9.17. The van der Waals surface area contributed by atoms with E-state index in [0.717, 1.165) is 15.8 Å². The van der Waals surface area contributed by atoms with Gasteiger partial charge in [-0.15, -0.1) is 5.10 Å². The average molecular weight is 212 g/mol. The van der Waals surface area contributed by atoms with E-state index in [1.54, 1.807) is 6.07 Å². The molecule has 0 aliphatic heterocycles. The van der Waals surface area contributed by atoms with Crippen molar-refractivity contribution in [1.29, 1.82) is 10.5 Å². The Morgan fingerprint density at radius 2 is 2.13 bits per heavy atom. The van der Waals surface area contributed by atoms with Crippen molar-refractivity contribution in [2.24, 2.45) is 0 Å². The van der Waals surface area contributed by atoms with Gasteiger partial charge >= 0.3 is 0 Å². The molecule has 2 rings (SSSR count). The van der Waals surface area contributed by atoms with Gasteiger partial charge in [0, 0.05) is 5.56 Å². The lowest BCUT2D eigenvalue weighted by molar-refractivity contribution is 1.20. The third-order valence-electron chi connectivity index (χ3n) is 1.85. The molecule has 5 heteroatoms. The first-order valence-corrected chi connectivity index (χ1v) is 4.85. The molecular weight excluding hydrogens is 208 g/mol. The van der Waals surface area contributed by atoms with Gasteiger partial charge in [0.25, 0.3) is 0 Å². The van der Waals surface area contributed by atoms with Crippen molar-refractivity contribution in [1.82, 2.24) is 9.59 Å². The number of nitrogens with zero attached hydrogens (tertiary/aromatic N) is 4. The summed E-state index contributed by atoms with van der Waals surface area (Å²) in [4.78, 5) is 0. The van der Waals surface area contributed by atoms with E-state index in [9.17, 15) is 0 Å². The summed E-state index contributed by atoms with van der Waals surface area (Å²) in [5.74, 6) is 0. The molecule has 0 spiro atoms. The van der Waals surface area contributed by atoms with E-state index in [2.05, 4.69) is 9.59 Å². The number of rotatable bonds is 1. The van der Waals surface area contributed by atoms with Crippen LogP contribution in [0, 0.1) is 22.7 Å².